The summed E-state index contributed by atoms with van der Waals surface area (Å²) in [7, 11) is -3.75. The smallest absolute Gasteiger partial charge is 0.425 e. The van der Waals surface area contributed by atoms with Gasteiger partial charge in [0.1, 0.15) is 0 Å². The minimum atomic E-state index is -4.64. The quantitative estimate of drug-likeness (QED) is 0.749. The number of benzene rings is 1. The Hall–Kier alpha value is -1.81. The van der Waals surface area contributed by atoms with Crippen LogP contribution in [0.15, 0.2) is 29.2 Å². The van der Waals surface area contributed by atoms with Crippen molar-refractivity contribution < 1.29 is 31.1 Å². The lowest BCUT2D eigenvalue weighted by molar-refractivity contribution is -0.199. The maximum Gasteiger partial charge on any atom is 0.425 e. The summed E-state index contributed by atoms with van der Waals surface area (Å²) in [6.45, 7) is 6.71. The van der Waals surface area contributed by atoms with E-state index in [9.17, 15) is 26.4 Å². The number of carbonyl (C=O) groups is 1. The number of nitrogens with zero attached hydrogens (tertiary/aromatic N) is 2. The molecule has 28 heavy (non-hydrogen) atoms. The van der Waals surface area contributed by atoms with Crippen LogP contribution in [0.1, 0.15) is 33.3 Å². The molecular formula is C18H25F3N2O4S. The first-order valence-corrected chi connectivity index (χ1v) is 10.3. The van der Waals surface area contributed by atoms with E-state index < -0.39 is 28.4 Å². The molecule has 2 rings (SSSR count). The first kappa shape index (κ1) is 22.5. The van der Waals surface area contributed by atoms with Crippen LogP contribution in [0.5, 0.6) is 0 Å². The zero-order valence-corrected chi connectivity index (χ0v) is 17.1. The fourth-order valence-corrected chi connectivity index (χ4v) is 4.10. The number of hydrogen-bond acceptors (Lipinski definition) is 4. The molecule has 6 nitrogen and oxygen atoms in total. The lowest BCUT2D eigenvalue weighted by Gasteiger charge is -2.34. The molecule has 0 saturated carbocycles. The molecule has 1 aromatic carbocycles. The molecular weight excluding hydrogens is 397 g/mol. The molecule has 1 heterocycles. The van der Waals surface area contributed by atoms with Crippen molar-refractivity contribution in [1.29, 1.82) is 0 Å². The van der Waals surface area contributed by atoms with Crippen LogP contribution in [-0.4, -0.2) is 62.2 Å². The Morgan fingerprint density at radius 2 is 1.54 bits per heavy atom. The molecule has 1 aliphatic heterocycles. The largest absolute Gasteiger partial charge is 0.437 e. The maximum absolute atomic E-state index is 12.8. The van der Waals surface area contributed by atoms with Gasteiger partial charge in [-0.25, -0.2) is 13.2 Å². The number of piperazine rings is 1. The standard InChI is InChI=1S/C18H25F3N2O4S/c1-13(18(19,20)21)27-16(24)22-9-11-23(12-10-22)28(25,26)15-7-5-14(6-8-15)17(2,3)4/h5-8,13H,9-12H2,1-4H3. The van der Waals surface area contributed by atoms with Gasteiger partial charge in [0.25, 0.3) is 0 Å². The highest BCUT2D eigenvalue weighted by Crippen LogP contribution is 2.26. The summed E-state index contributed by atoms with van der Waals surface area (Å²) < 4.78 is 68.7. The van der Waals surface area contributed by atoms with Gasteiger partial charge in [0.15, 0.2) is 6.10 Å². The average Bonchev–Trinajstić information content (AvgIpc) is 2.60. The summed E-state index contributed by atoms with van der Waals surface area (Å²) in [4.78, 5) is 13.1. The van der Waals surface area contributed by atoms with Crippen LogP contribution in [-0.2, 0) is 20.2 Å². The zero-order valence-electron chi connectivity index (χ0n) is 16.3. The molecule has 0 aliphatic carbocycles. The van der Waals surface area contributed by atoms with Crippen LogP contribution in [0.3, 0.4) is 0 Å². The molecule has 1 saturated heterocycles. The Kier molecular flexibility index (Phi) is 6.34. The van der Waals surface area contributed by atoms with Crippen LogP contribution >= 0.6 is 0 Å². The van der Waals surface area contributed by atoms with Crippen molar-refractivity contribution in [3.63, 3.8) is 0 Å². The van der Waals surface area contributed by atoms with Gasteiger partial charge in [0, 0.05) is 26.2 Å². The minimum Gasteiger partial charge on any atom is -0.437 e. The third-order valence-electron chi connectivity index (χ3n) is 4.59. The Morgan fingerprint density at radius 3 is 1.96 bits per heavy atom. The van der Waals surface area contributed by atoms with Gasteiger partial charge in [-0.15, -0.1) is 0 Å². The van der Waals surface area contributed by atoms with Crippen LogP contribution in [0.25, 0.3) is 0 Å². The van der Waals surface area contributed by atoms with Crippen molar-refractivity contribution in [3.8, 4) is 0 Å². The molecule has 0 radical (unpaired) electrons. The molecule has 1 fully saturated rings. The van der Waals surface area contributed by atoms with E-state index >= 15 is 0 Å². The molecule has 0 aromatic heterocycles. The number of hydrogen-bond donors (Lipinski definition) is 0. The number of sulfonamides is 1. The summed E-state index contributed by atoms with van der Waals surface area (Å²) in [5.41, 5.74) is 0.889. The Bertz CT molecular complexity index is 794. The molecule has 10 heteroatoms. The normalized spacial score (nSPS) is 18.0. The maximum atomic E-state index is 12.8. The summed E-state index contributed by atoms with van der Waals surface area (Å²) in [6, 6.07) is 6.61. The minimum absolute atomic E-state index is 0.0150. The van der Waals surface area contributed by atoms with E-state index in [-0.39, 0.29) is 36.5 Å². The van der Waals surface area contributed by atoms with Crippen LogP contribution in [0.4, 0.5) is 18.0 Å². The summed E-state index contributed by atoms with van der Waals surface area (Å²) in [5.74, 6) is 0. The first-order valence-electron chi connectivity index (χ1n) is 8.86. The van der Waals surface area contributed by atoms with Gasteiger partial charge in [-0.3, -0.25) is 0 Å². The van der Waals surface area contributed by atoms with E-state index in [0.717, 1.165) is 17.4 Å². The summed E-state index contributed by atoms with van der Waals surface area (Å²) >= 11 is 0. The summed E-state index contributed by atoms with van der Waals surface area (Å²) in [6.07, 6.45) is -7.96. The third kappa shape index (κ3) is 5.16. The first-order chi connectivity index (χ1) is 12.7. The Labute approximate surface area is 163 Å². The van der Waals surface area contributed by atoms with Gasteiger partial charge < -0.3 is 9.64 Å². The second kappa shape index (κ2) is 7.90. The molecule has 1 amide bonds. The van der Waals surface area contributed by atoms with Gasteiger partial charge in [-0.2, -0.15) is 17.5 Å². The number of halogens is 3. The van der Waals surface area contributed by atoms with E-state index in [0.29, 0.717) is 0 Å². The highest BCUT2D eigenvalue weighted by molar-refractivity contribution is 7.89. The van der Waals surface area contributed by atoms with Crippen molar-refractivity contribution in [2.75, 3.05) is 26.2 Å². The van der Waals surface area contributed by atoms with Crippen molar-refractivity contribution >= 4 is 16.1 Å². The van der Waals surface area contributed by atoms with Crippen molar-refractivity contribution in [1.82, 2.24) is 9.21 Å². The molecule has 158 valence electrons. The highest BCUT2D eigenvalue weighted by Gasteiger charge is 2.40. The fraction of sp³-hybridized carbons (Fsp3) is 0.611. The second-order valence-corrected chi connectivity index (χ2v) is 9.67. The fourth-order valence-electron chi connectivity index (χ4n) is 2.68. The lowest BCUT2D eigenvalue weighted by Crippen LogP contribution is -2.51. The van der Waals surface area contributed by atoms with Crippen molar-refractivity contribution in [2.45, 2.75) is 50.3 Å². The topological polar surface area (TPSA) is 66.9 Å². The van der Waals surface area contributed by atoms with Crippen LogP contribution < -0.4 is 0 Å². The number of ether oxygens (including phenoxy) is 1. The van der Waals surface area contributed by atoms with Gasteiger partial charge in [-0.05, 0) is 30.0 Å². The molecule has 1 atom stereocenters. The monoisotopic (exact) mass is 422 g/mol. The van der Waals surface area contributed by atoms with E-state index in [2.05, 4.69) is 4.74 Å². The zero-order chi connectivity index (χ0) is 21.3. The van der Waals surface area contributed by atoms with Crippen molar-refractivity contribution in [3.05, 3.63) is 29.8 Å². The van der Waals surface area contributed by atoms with E-state index in [4.69, 9.17) is 0 Å². The Balaban J connectivity index is 2.01. The molecule has 0 bridgehead atoms. The lowest BCUT2D eigenvalue weighted by atomic mass is 9.87. The second-order valence-electron chi connectivity index (χ2n) is 7.73. The highest BCUT2D eigenvalue weighted by atomic mass is 32.2. The number of amides is 1. The third-order valence-corrected chi connectivity index (χ3v) is 6.51. The van der Waals surface area contributed by atoms with Gasteiger partial charge >= 0.3 is 12.3 Å². The van der Waals surface area contributed by atoms with E-state index in [1.807, 2.05) is 20.8 Å². The molecule has 0 N–H and O–H groups in total. The van der Waals surface area contributed by atoms with Gasteiger partial charge in [-0.1, -0.05) is 32.9 Å². The molecule has 0 spiro atoms. The Morgan fingerprint density at radius 1 is 1.04 bits per heavy atom. The van der Waals surface area contributed by atoms with Crippen molar-refractivity contribution in [2.24, 2.45) is 0 Å². The number of alkyl halides is 3. The molecule has 1 aliphatic rings. The van der Waals surface area contributed by atoms with Crippen LogP contribution in [0, 0.1) is 0 Å². The summed E-state index contributed by atoms with van der Waals surface area (Å²) in [5, 5.41) is 0. The van der Waals surface area contributed by atoms with E-state index in [1.165, 1.54) is 4.31 Å². The average molecular weight is 422 g/mol. The van der Waals surface area contributed by atoms with Gasteiger partial charge in [0.2, 0.25) is 10.0 Å². The van der Waals surface area contributed by atoms with E-state index in [1.54, 1.807) is 24.3 Å². The molecule has 1 aromatic rings. The number of carbonyl (C=O) groups excluding carboxylic acids is 1. The number of rotatable bonds is 3. The molecule has 1 unspecified atom stereocenters. The van der Waals surface area contributed by atoms with Gasteiger partial charge in [0.05, 0.1) is 4.90 Å². The predicted octanol–water partition coefficient (Wildman–Crippen LogP) is 3.38. The predicted molar refractivity (Wildman–Crippen MR) is 97.5 cm³/mol. The van der Waals surface area contributed by atoms with Crippen LogP contribution in [0.2, 0.25) is 0 Å². The SMILES string of the molecule is CC(OC(=O)N1CCN(S(=O)(=O)c2ccc(C(C)(C)C)cc2)CC1)C(F)(F)F.